The lowest BCUT2D eigenvalue weighted by Crippen LogP contribution is -2.15. The molecule has 3 aromatic rings. The van der Waals surface area contributed by atoms with Crippen LogP contribution < -0.4 is 14.8 Å². The monoisotopic (exact) mass is 345 g/mol. The molecule has 0 saturated carbocycles. The molecule has 124 valence electrons. The predicted octanol–water partition coefficient (Wildman–Crippen LogP) is 4.28. The summed E-state index contributed by atoms with van der Waals surface area (Å²) in [5, 5.41) is 4.26. The molecule has 3 rings (SSSR count). The van der Waals surface area contributed by atoms with Gasteiger partial charge in [-0.3, -0.25) is 4.79 Å². The molecule has 0 aliphatic rings. The van der Waals surface area contributed by atoms with Crippen molar-refractivity contribution in [3.63, 3.8) is 0 Å². The number of amides is 1. The van der Waals surface area contributed by atoms with Gasteiger partial charge >= 0.3 is 0 Å². The largest absolute Gasteiger partial charge is 0.497 e. The van der Waals surface area contributed by atoms with Gasteiger partial charge in [-0.15, -0.1) is 0 Å². The lowest BCUT2D eigenvalue weighted by molar-refractivity contribution is -0.115. The molecule has 0 aliphatic carbocycles. The van der Waals surface area contributed by atoms with Crippen LogP contribution in [0.3, 0.4) is 0 Å². The second-order valence-electron chi connectivity index (χ2n) is 5.19. The molecular weight excluding hydrogens is 330 g/mol. The zero-order valence-corrected chi connectivity index (χ0v) is 14.0. The maximum Gasteiger partial charge on any atom is 0.229 e. The topological polar surface area (TPSA) is 60.7 Å². The number of hydrogen-bond donors (Lipinski definition) is 1. The zero-order chi connectivity index (χ0) is 17.1. The summed E-state index contributed by atoms with van der Waals surface area (Å²) in [6.07, 6.45) is 1.73. The van der Waals surface area contributed by atoms with E-state index in [0.29, 0.717) is 27.8 Å². The Hall–Kier alpha value is -2.66. The molecule has 0 bridgehead atoms. The van der Waals surface area contributed by atoms with Gasteiger partial charge in [0.2, 0.25) is 5.91 Å². The van der Waals surface area contributed by atoms with Gasteiger partial charge in [-0.2, -0.15) is 0 Å². The first-order valence-electron chi connectivity index (χ1n) is 7.28. The van der Waals surface area contributed by atoms with E-state index in [2.05, 4.69) is 5.32 Å². The van der Waals surface area contributed by atoms with Crippen LogP contribution in [-0.2, 0) is 11.2 Å². The quantitative estimate of drug-likeness (QED) is 0.749. The minimum Gasteiger partial charge on any atom is -0.497 e. The number of furan rings is 1. The van der Waals surface area contributed by atoms with Crippen LogP contribution in [0.15, 0.2) is 47.1 Å². The molecule has 0 unspecified atom stereocenters. The third kappa shape index (κ3) is 3.31. The maximum atomic E-state index is 12.4. The van der Waals surface area contributed by atoms with E-state index in [9.17, 15) is 4.79 Å². The van der Waals surface area contributed by atoms with Gasteiger partial charge in [0.15, 0.2) is 0 Å². The SMILES string of the molecule is COc1ccc(OC)c(NC(=O)Cc2coc3ccc(Cl)cc23)c1. The molecule has 0 saturated heterocycles. The Bertz CT molecular complexity index is 888. The number of fused-ring (bicyclic) bond motifs is 1. The number of methoxy groups -OCH3 is 2. The van der Waals surface area contributed by atoms with Gasteiger partial charge in [-0.25, -0.2) is 0 Å². The van der Waals surface area contributed by atoms with Crippen LogP contribution >= 0.6 is 11.6 Å². The summed E-state index contributed by atoms with van der Waals surface area (Å²) >= 11 is 6.01. The molecule has 6 heteroatoms. The van der Waals surface area contributed by atoms with Gasteiger partial charge in [0, 0.05) is 22.0 Å². The van der Waals surface area contributed by atoms with Crippen LogP contribution in [0.4, 0.5) is 5.69 Å². The molecule has 2 aromatic carbocycles. The average Bonchev–Trinajstić information content (AvgIpc) is 2.96. The van der Waals surface area contributed by atoms with Crippen molar-refractivity contribution >= 4 is 34.2 Å². The van der Waals surface area contributed by atoms with Crippen molar-refractivity contribution in [1.82, 2.24) is 0 Å². The summed E-state index contributed by atoms with van der Waals surface area (Å²) in [5.74, 6) is 1.00. The fourth-order valence-electron chi connectivity index (χ4n) is 2.47. The standard InChI is InChI=1S/C18H16ClNO4/c1-22-13-4-6-17(23-2)15(9-13)20-18(21)7-11-10-24-16-5-3-12(19)8-14(11)16/h3-6,8-10H,7H2,1-2H3,(H,20,21). The Morgan fingerprint density at radius 3 is 2.75 bits per heavy atom. The number of carbonyl (C=O) groups is 1. The Labute approximate surface area is 144 Å². The van der Waals surface area contributed by atoms with Gasteiger partial charge in [0.05, 0.1) is 32.6 Å². The van der Waals surface area contributed by atoms with E-state index in [1.807, 2.05) is 0 Å². The van der Waals surface area contributed by atoms with Crippen LogP contribution in [0.25, 0.3) is 11.0 Å². The first kappa shape index (κ1) is 16.2. The van der Waals surface area contributed by atoms with Gasteiger partial charge in [-0.05, 0) is 30.3 Å². The van der Waals surface area contributed by atoms with E-state index in [0.717, 1.165) is 10.9 Å². The fourth-order valence-corrected chi connectivity index (χ4v) is 2.64. The summed E-state index contributed by atoms with van der Waals surface area (Å²) in [6, 6.07) is 10.5. The minimum absolute atomic E-state index is 0.160. The van der Waals surface area contributed by atoms with Crippen LogP contribution in [0.5, 0.6) is 11.5 Å². The van der Waals surface area contributed by atoms with Crippen LogP contribution in [0.2, 0.25) is 5.02 Å². The number of nitrogens with one attached hydrogen (secondary N) is 1. The summed E-state index contributed by atoms with van der Waals surface area (Å²) in [7, 11) is 3.11. The molecule has 1 amide bonds. The Balaban J connectivity index is 1.81. The van der Waals surface area contributed by atoms with Gasteiger partial charge in [0.1, 0.15) is 17.1 Å². The molecule has 0 fully saturated rings. The zero-order valence-electron chi connectivity index (χ0n) is 13.3. The highest BCUT2D eigenvalue weighted by molar-refractivity contribution is 6.31. The molecular formula is C18H16ClNO4. The maximum absolute atomic E-state index is 12.4. The Morgan fingerprint density at radius 1 is 1.17 bits per heavy atom. The number of halogens is 1. The van der Waals surface area contributed by atoms with Crippen molar-refractivity contribution in [3.8, 4) is 11.5 Å². The summed E-state index contributed by atoms with van der Waals surface area (Å²) in [6.45, 7) is 0. The Morgan fingerprint density at radius 2 is 2.00 bits per heavy atom. The molecule has 0 aliphatic heterocycles. The van der Waals surface area contributed by atoms with E-state index in [-0.39, 0.29) is 12.3 Å². The first-order valence-corrected chi connectivity index (χ1v) is 7.66. The first-order chi connectivity index (χ1) is 11.6. The lowest BCUT2D eigenvalue weighted by atomic mass is 10.1. The second kappa shape index (κ2) is 6.84. The molecule has 0 radical (unpaired) electrons. The van der Waals surface area contributed by atoms with Crippen molar-refractivity contribution in [3.05, 3.63) is 53.2 Å². The van der Waals surface area contributed by atoms with Crippen molar-refractivity contribution in [1.29, 1.82) is 0 Å². The number of rotatable bonds is 5. The highest BCUT2D eigenvalue weighted by atomic mass is 35.5. The average molecular weight is 346 g/mol. The highest BCUT2D eigenvalue weighted by Gasteiger charge is 2.13. The normalized spacial score (nSPS) is 10.6. The van der Waals surface area contributed by atoms with Crippen LogP contribution in [-0.4, -0.2) is 20.1 Å². The summed E-state index contributed by atoms with van der Waals surface area (Å²) in [4.78, 5) is 12.4. The van der Waals surface area contributed by atoms with Crippen molar-refractivity contribution in [2.24, 2.45) is 0 Å². The van der Waals surface area contributed by atoms with Gasteiger partial charge in [-0.1, -0.05) is 11.6 Å². The van der Waals surface area contributed by atoms with Crippen molar-refractivity contribution in [2.45, 2.75) is 6.42 Å². The third-order valence-electron chi connectivity index (χ3n) is 3.65. The molecule has 1 heterocycles. The minimum atomic E-state index is -0.191. The summed E-state index contributed by atoms with van der Waals surface area (Å²) < 4.78 is 15.9. The van der Waals surface area contributed by atoms with E-state index in [1.54, 1.807) is 56.9 Å². The molecule has 1 N–H and O–H groups in total. The van der Waals surface area contributed by atoms with Crippen molar-refractivity contribution < 1.29 is 18.7 Å². The molecule has 24 heavy (non-hydrogen) atoms. The Kier molecular flexibility index (Phi) is 4.62. The molecule has 1 aromatic heterocycles. The molecule has 5 nitrogen and oxygen atoms in total. The van der Waals surface area contributed by atoms with Gasteiger partial charge in [0.25, 0.3) is 0 Å². The molecule has 0 atom stereocenters. The summed E-state index contributed by atoms with van der Waals surface area (Å²) in [5.41, 5.74) is 2.01. The van der Waals surface area contributed by atoms with Gasteiger partial charge < -0.3 is 19.2 Å². The number of ether oxygens (including phenoxy) is 2. The van der Waals surface area contributed by atoms with Crippen LogP contribution in [0.1, 0.15) is 5.56 Å². The smallest absolute Gasteiger partial charge is 0.229 e. The number of hydrogen-bond acceptors (Lipinski definition) is 4. The second-order valence-corrected chi connectivity index (χ2v) is 5.63. The van der Waals surface area contributed by atoms with E-state index in [4.69, 9.17) is 25.5 Å². The highest BCUT2D eigenvalue weighted by Crippen LogP contribution is 2.30. The fraction of sp³-hybridized carbons (Fsp3) is 0.167. The van der Waals surface area contributed by atoms with E-state index < -0.39 is 0 Å². The van der Waals surface area contributed by atoms with E-state index in [1.165, 1.54) is 0 Å². The third-order valence-corrected chi connectivity index (χ3v) is 3.88. The number of benzene rings is 2. The molecule has 0 spiro atoms. The number of anilines is 1. The number of carbonyl (C=O) groups excluding carboxylic acids is 1. The lowest BCUT2D eigenvalue weighted by Gasteiger charge is -2.11. The van der Waals surface area contributed by atoms with Crippen LogP contribution in [0, 0.1) is 0 Å². The van der Waals surface area contributed by atoms with E-state index >= 15 is 0 Å². The van der Waals surface area contributed by atoms with Crippen molar-refractivity contribution in [2.75, 3.05) is 19.5 Å². The predicted molar refractivity (Wildman–Crippen MR) is 93.1 cm³/mol.